The first-order chi connectivity index (χ1) is 16.4. The predicted molar refractivity (Wildman–Crippen MR) is 125 cm³/mol. The van der Waals surface area contributed by atoms with Gasteiger partial charge >= 0.3 is 6.55 Å². The van der Waals surface area contributed by atoms with Gasteiger partial charge in [0, 0.05) is 12.1 Å². The molecule has 0 aliphatic heterocycles. The summed E-state index contributed by atoms with van der Waals surface area (Å²) in [5.74, 6) is 1.37. The van der Waals surface area contributed by atoms with Crippen LogP contribution in [0.5, 0.6) is 11.5 Å². The Balaban J connectivity index is 1.97. The fourth-order valence-electron chi connectivity index (χ4n) is 4.10. The van der Waals surface area contributed by atoms with Crippen LogP contribution in [0.15, 0.2) is 42.5 Å². The first-order valence-electron chi connectivity index (χ1n) is 10.5. The average molecular weight is 463 g/mol. The lowest BCUT2D eigenvalue weighted by molar-refractivity contribution is 0.0593. The molecule has 0 aliphatic carbocycles. The zero-order chi connectivity index (χ0) is 24.4. The molecule has 0 bridgehead atoms. The molecule has 1 N–H and O–H groups in total. The van der Waals surface area contributed by atoms with E-state index in [1.165, 1.54) is 6.07 Å². The predicted octanol–water partition coefficient (Wildman–Crippen LogP) is 5.61. The summed E-state index contributed by atoms with van der Waals surface area (Å²) in [5.41, 5.74) is 4.98. The minimum absolute atomic E-state index is 0.0816. The molecular weight excluding hydrogens is 440 g/mol. The third-order valence-electron chi connectivity index (χ3n) is 5.79. The van der Waals surface area contributed by atoms with Gasteiger partial charge in [0.15, 0.2) is 0 Å². The maximum Gasteiger partial charge on any atom is 0.335 e. The molecule has 0 saturated carbocycles. The second kappa shape index (κ2) is 9.35. The Bertz CT molecular complexity index is 1390. The first kappa shape index (κ1) is 23.0. The summed E-state index contributed by atoms with van der Waals surface area (Å²) in [4.78, 5) is 0. The molecule has 0 aliphatic rings. The van der Waals surface area contributed by atoms with E-state index in [4.69, 9.17) is 9.47 Å². The maximum absolute atomic E-state index is 13.6. The molecule has 34 heavy (non-hydrogen) atoms. The Hall–Kier alpha value is -4.19. The molecule has 4 aromatic rings. The lowest BCUT2D eigenvalue weighted by atomic mass is 9.91. The van der Waals surface area contributed by atoms with E-state index in [0.717, 1.165) is 28.0 Å². The number of nitriles is 1. The number of anilines is 1. The molecule has 0 saturated heterocycles. The Kier molecular flexibility index (Phi) is 6.32. The van der Waals surface area contributed by atoms with Crippen LogP contribution in [0, 0.1) is 25.2 Å². The number of benzene rings is 3. The standard InChI is InChI=1S/C25H23F2N5O2/c1-14-5-10-20(34-4)15(2)21(14)22-23(29-13-16-6-8-18(33-3)9-7-16)17(12-28)11-19-24(22)30-31-32(19)25(26)27/h5-11,25,29H,13H2,1-4H3. The molecule has 4 rings (SSSR count). The lowest BCUT2D eigenvalue weighted by Gasteiger charge is -2.20. The maximum atomic E-state index is 13.6. The summed E-state index contributed by atoms with van der Waals surface area (Å²) in [6.45, 7) is 1.30. The third-order valence-corrected chi connectivity index (χ3v) is 5.79. The van der Waals surface area contributed by atoms with Crippen molar-refractivity contribution < 1.29 is 18.3 Å². The number of rotatable bonds is 7. The van der Waals surface area contributed by atoms with Crippen molar-refractivity contribution in [3.63, 3.8) is 0 Å². The van der Waals surface area contributed by atoms with Crippen LogP contribution in [0.4, 0.5) is 14.5 Å². The van der Waals surface area contributed by atoms with Crippen molar-refractivity contribution in [1.29, 1.82) is 5.26 Å². The number of halogens is 2. The second-order valence-electron chi connectivity index (χ2n) is 7.75. The van der Waals surface area contributed by atoms with Crippen LogP contribution >= 0.6 is 0 Å². The normalized spacial score (nSPS) is 11.0. The van der Waals surface area contributed by atoms with Crippen LogP contribution in [0.1, 0.15) is 28.8 Å². The Morgan fingerprint density at radius 3 is 2.41 bits per heavy atom. The molecule has 174 valence electrons. The summed E-state index contributed by atoms with van der Waals surface area (Å²) in [6, 6.07) is 14.8. The number of hydrogen-bond donors (Lipinski definition) is 1. The van der Waals surface area contributed by atoms with Gasteiger partial charge in [-0.3, -0.25) is 0 Å². The third kappa shape index (κ3) is 3.99. The second-order valence-corrected chi connectivity index (χ2v) is 7.75. The van der Waals surface area contributed by atoms with Gasteiger partial charge in [-0.25, -0.2) is 0 Å². The summed E-state index contributed by atoms with van der Waals surface area (Å²) < 4.78 is 38.5. The number of aromatic nitrogens is 3. The molecule has 0 fully saturated rings. The topological polar surface area (TPSA) is 85.0 Å². The van der Waals surface area contributed by atoms with Crippen LogP contribution in [0.2, 0.25) is 0 Å². The highest BCUT2D eigenvalue weighted by molar-refractivity contribution is 6.03. The van der Waals surface area contributed by atoms with Crippen LogP contribution < -0.4 is 14.8 Å². The van der Waals surface area contributed by atoms with Gasteiger partial charge in [0.1, 0.15) is 23.1 Å². The number of fused-ring (bicyclic) bond motifs is 1. The van der Waals surface area contributed by atoms with Gasteiger partial charge in [0.05, 0.1) is 31.0 Å². The van der Waals surface area contributed by atoms with Crippen LogP contribution in [-0.2, 0) is 6.54 Å². The van der Waals surface area contributed by atoms with Gasteiger partial charge in [0.2, 0.25) is 0 Å². The largest absolute Gasteiger partial charge is 0.497 e. The zero-order valence-corrected chi connectivity index (χ0v) is 19.2. The Labute approximate surface area is 195 Å². The van der Waals surface area contributed by atoms with Crippen LogP contribution in [-0.4, -0.2) is 29.2 Å². The molecule has 7 nitrogen and oxygen atoms in total. The van der Waals surface area contributed by atoms with E-state index in [1.54, 1.807) is 14.2 Å². The molecule has 3 aromatic carbocycles. The van der Waals surface area contributed by atoms with Crippen LogP contribution in [0.3, 0.4) is 0 Å². The van der Waals surface area contributed by atoms with Gasteiger partial charge in [-0.15, -0.1) is 5.10 Å². The van der Waals surface area contributed by atoms with Crippen molar-refractivity contribution in [2.24, 2.45) is 0 Å². The number of methoxy groups -OCH3 is 2. The molecule has 0 amide bonds. The molecule has 0 unspecified atom stereocenters. The van der Waals surface area contributed by atoms with Crippen molar-refractivity contribution in [1.82, 2.24) is 15.0 Å². The number of nitrogens with zero attached hydrogens (tertiary/aromatic N) is 4. The van der Waals surface area contributed by atoms with E-state index in [0.29, 0.717) is 28.2 Å². The quantitative estimate of drug-likeness (QED) is 0.383. The van der Waals surface area contributed by atoms with Crippen molar-refractivity contribution in [3.8, 4) is 28.7 Å². The smallest absolute Gasteiger partial charge is 0.335 e. The van der Waals surface area contributed by atoms with Crippen LogP contribution in [0.25, 0.3) is 22.2 Å². The average Bonchev–Trinajstić information content (AvgIpc) is 3.27. The van der Waals surface area contributed by atoms with Gasteiger partial charge in [-0.05, 0) is 60.4 Å². The van der Waals surface area contributed by atoms with Crippen molar-refractivity contribution in [2.75, 3.05) is 19.5 Å². The Morgan fingerprint density at radius 2 is 1.79 bits per heavy atom. The SMILES string of the molecule is COc1ccc(CNc2c(C#N)cc3c(nnn3C(F)F)c2-c2c(C)ccc(OC)c2C)cc1. The molecule has 9 heteroatoms. The highest BCUT2D eigenvalue weighted by Gasteiger charge is 2.25. The summed E-state index contributed by atoms with van der Waals surface area (Å²) in [6.07, 6.45) is 0. The van der Waals surface area contributed by atoms with Gasteiger partial charge in [-0.1, -0.05) is 23.4 Å². The fraction of sp³-hybridized carbons (Fsp3) is 0.240. The number of aryl methyl sites for hydroxylation is 1. The number of nitrogens with one attached hydrogen (secondary N) is 1. The molecule has 1 aromatic heterocycles. The molecular formula is C25H23F2N5O2. The Morgan fingerprint density at radius 1 is 1.06 bits per heavy atom. The van der Waals surface area contributed by atoms with Crippen molar-refractivity contribution >= 4 is 16.7 Å². The minimum Gasteiger partial charge on any atom is -0.497 e. The van der Waals surface area contributed by atoms with E-state index in [1.807, 2.05) is 50.2 Å². The lowest BCUT2D eigenvalue weighted by Crippen LogP contribution is -2.06. The first-order valence-corrected chi connectivity index (χ1v) is 10.5. The number of alkyl halides is 2. The monoisotopic (exact) mass is 463 g/mol. The van der Waals surface area contributed by atoms with E-state index in [2.05, 4.69) is 21.7 Å². The fourth-order valence-corrected chi connectivity index (χ4v) is 4.10. The van der Waals surface area contributed by atoms with E-state index in [9.17, 15) is 14.0 Å². The molecule has 0 atom stereocenters. The highest BCUT2D eigenvalue weighted by Crippen LogP contribution is 2.43. The number of ether oxygens (including phenoxy) is 2. The van der Waals surface area contributed by atoms with Crippen molar-refractivity contribution in [2.45, 2.75) is 26.9 Å². The molecule has 1 heterocycles. The summed E-state index contributed by atoms with van der Waals surface area (Å²) >= 11 is 0. The van der Waals surface area contributed by atoms with Crippen molar-refractivity contribution in [3.05, 3.63) is 64.7 Å². The van der Waals surface area contributed by atoms with E-state index >= 15 is 0 Å². The number of hydrogen-bond acceptors (Lipinski definition) is 6. The molecule has 0 radical (unpaired) electrons. The van der Waals surface area contributed by atoms with E-state index < -0.39 is 6.55 Å². The zero-order valence-electron chi connectivity index (χ0n) is 19.2. The van der Waals surface area contributed by atoms with E-state index in [-0.39, 0.29) is 16.6 Å². The van der Waals surface area contributed by atoms with Gasteiger partial charge in [-0.2, -0.15) is 18.7 Å². The summed E-state index contributed by atoms with van der Waals surface area (Å²) in [5, 5.41) is 21.1. The molecule has 0 spiro atoms. The van der Waals surface area contributed by atoms with Gasteiger partial charge < -0.3 is 14.8 Å². The minimum atomic E-state index is -2.89. The summed E-state index contributed by atoms with van der Waals surface area (Å²) in [7, 11) is 3.16. The highest BCUT2D eigenvalue weighted by atomic mass is 19.3. The van der Waals surface area contributed by atoms with Gasteiger partial charge in [0.25, 0.3) is 0 Å².